The van der Waals surface area contributed by atoms with Crippen LogP contribution < -0.4 is 0 Å². The topological polar surface area (TPSA) is 21.1 Å². The molecule has 0 amide bonds. The van der Waals surface area contributed by atoms with E-state index in [0.29, 0.717) is 11.9 Å². The van der Waals surface area contributed by atoms with Crippen molar-refractivity contribution in [2.24, 2.45) is 0 Å². The minimum Gasteiger partial charge on any atom is -0.325 e. The molecule has 4 heteroatoms. The van der Waals surface area contributed by atoms with Crippen molar-refractivity contribution < 1.29 is 0 Å². The van der Waals surface area contributed by atoms with Gasteiger partial charge in [-0.2, -0.15) is 0 Å². The second kappa shape index (κ2) is 7.59. The number of para-hydroxylation sites is 2. The second-order valence-electron chi connectivity index (χ2n) is 6.87. The standard InChI is InChI=1S/C21H24ClN3/c22-14-21-23-19-11-4-5-12-20(19)25(21)16-18-10-6-7-13-24(18)15-17-8-2-1-3-9-17/h1-5,8-9,11-12,18H,6-7,10,13-16H2/t18-/m1/s1. The molecule has 130 valence electrons. The second-order valence-corrected chi connectivity index (χ2v) is 7.13. The molecule has 0 spiro atoms. The lowest BCUT2D eigenvalue weighted by Gasteiger charge is -2.36. The van der Waals surface area contributed by atoms with Gasteiger partial charge in [0, 0.05) is 19.1 Å². The summed E-state index contributed by atoms with van der Waals surface area (Å²) in [6.45, 7) is 3.16. The van der Waals surface area contributed by atoms with E-state index in [1.807, 2.05) is 6.07 Å². The van der Waals surface area contributed by atoms with Gasteiger partial charge in [0.15, 0.2) is 0 Å². The lowest BCUT2D eigenvalue weighted by atomic mass is 10.0. The Kier molecular flexibility index (Phi) is 5.04. The number of rotatable bonds is 5. The van der Waals surface area contributed by atoms with Crippen LogP contribution in [0.1, 0.15) is 30.7 Å². The lowest BCUT2D eigenvalue weighted by Crippen LogP contribution is -2.41. The molecule has 25 heavy (non-hydrogen) atoms. The van der Waals surface area contributed by atoms with Gasteiger partial charge in [-0.25, -0.2) is 4.98 Å². The van der Waals surface area contributed by atoms with Crippen LogP contribution in [0.3, 0.4) is 0 Å². The van der Waals surface area contributed by atoms with E-state index in [0.717, 1.165) is 24.4 Å². The average Bonchev–Trinajstić information content (AvgIpc) is 3.02. The molecule has 0 bridgehead atoms. The number of halogens is 1. The first-order valence-corrected chi connectivity index (χ1v) is 9.66. The predicted molar refractivity (Wildman–Crippen MR) is 104 cm³/mol. The summed E-state index contributed by atoms with van der Waals surface area (Å²) in [5.74, 6) is 1.44. The van der Waals surface area contributed by atoms with Gasteiger partial charge in [0.1, 0.15) is 5.82 Å². The fourth-order valence-corrected chi connectivity index (χ4v) is 4.14. The van der Waals surface area contributed by atoms with Crippen LogP contribution in [0, 0.1) is 0 Å². The van der Waals surface area contributed by atoms with E-state index < -0.39 is 0 Å². The summed E-state index contributed by atoms with van der Waals surface area (Å²) in [4.78, 5) is 7.35. The maximum absolute atomic E-state index is 6.19. The van der Waals surface area contributed by atoms with Crippen LogP contribution >= 0.6 is 11.6 Å². The highest BCUT2D eigenvalue weighted by Gasteiger charge is 2.24. The highest BCUT2D eigenvalue weighted by atomic mass is 35.5. The number of piperidine rings is 1. The molecule has 1 aromatic heterocycles. The van der Waals surface area contributed by atoms with Crippen molar-refractivity contribution in [2.75, 3.05) is 6.54 Å². The smallest absolute Gasteiger partial charge is 0.124 e. The van der Waals surface area contributed by atoms with Crippen molar-refractivity contribution in [1.29, 1.82) is 0 Å². The van der Waals surface area contributed by atoms with Crippen molar-refractivity contribution in [2.45, 2.75) is 44.3 Å². The Labute approximate surface area is 154 Å². The Balaban J connectivity index is 1.59. The molecule has 3 nitrogen and oxygen atoms in total. The third kappa shape index (κ3) is 3.58. The maximum Gasteiger partial charge on any atom is 0.124 e. The van der Waals surface area contributed by atoms with E-state index in [1.165, 1.54) is 36.9 Å². The summed E-state index contributed by atoms with van der Waals surface area (Å²) in [5.41, 5.74) is 3.63. The van der Waals surface area contributed by atoms with Crippen LogP contribution in [0.4, 0.5) is 0 Å². The third-order valence-corrected chi connectivity index (χ3v) is 5.46. The number of benzene rings is 2. The first kappa shape index (κ1) is 16.6. The summed E-state index contributed by atoms with van der Waals surface area (Å²) in [5, 5.41) is 0. The molecule has 2 heterocycles. The van der Waals surface area contributed by atoms with E-state index in [2.05, 4.69) is 58.0 Å². The number of alkyl halides is 1. The molecule has 2 aromatic carbocycles. The molecule has 0 saturated carbocycles. The number of aromatic nitrogens is 2. The minimum atomic E-state index is 0.458. The Morgan fingerprint density at radius 3 is 2.64 bits per heavy atom. The van der Waals surface area contributed by atoms with Gasteiger partial charge in [0.05, 0.1) is 16.9 Å². The molecule has 1 aliphatic heterocycles. The van der Waals surface area contributed by atoms with Gasteiger partial charge < -0.3 is 4.57 Å². The van der Waals surface area contributed by atoms with Crippen molar-refractivity contribution in [1.82, 2.24) is 14.5 Å². The van der Waals surface area contributed by atoms with Gasteiger partial charge >= 0.3 is 0 Å². The van der Waals surface area contributed by atoms with Crippen molar-refractivity contribution in [3.63, 3.8) is 0 Å². The Bertz CT molecular complexity index is 828. The highest BCUT2D eigenvalue weighted by Crippen LogP contribution is 2.24. The molecule has 1 atom stereocenters. The van der Waals surface area contributed by atoms with Crippen LogP contribution in [0.25, 0.3) is 11.0 Å². The van der Waals surface area contributed by atoms with Gasteiger partial charge in [-0.05, 0) is 37.1 Å². The number of likely N-dealkylation sites (tertiary alicyclic amines) is 1. The molecule has 0 N–H and O–H groups in total. The van der Waals surface area contributed by atoms with Gasteiger partial charge in [0.2, 0.25) is 0 Å². The molecule has 0 radical (unpaired) electrons. The number of hydrogen-bond acceptors (Lipinski definition) is 2. The highest BCUT2D eigenvalue weighted by molar-refractivity contribution is 6.16. The van der Waals surface area contributed by atoms with Crippen LogP contribution in [0.2, 0.25) is 0 Å². The summed E-state index contributed by atoms with van der Waals surface area (Å²) < 4.78 is 2.33. The monoisotopic (exact) mass is 353 g/mol. The van der Waals surface area contributed by atoms with Gasteiger partial charge in [-0.1, -0.05) is 48.9 Å². The zero-order valence-corrected chi connectivity index (χ0v) is 15.2. The zero-order chi connectivity index (χ0) is 17.1. The van der Waals surface area contributed by atoms with E-state index in [1.54, 1.807) is 0 Å². The predicted octanol–water partition coefficient (Wildman–Crippen LogP) is 4.83. The van der Waals surface area contributed by atoms with Gasteiger partial charge in [-0.3, -0.25) is 4.90 Å². The van der Waals surface area contributed by atoms with Gasteiger partial charge in [0.25, 0.3) is 0 Å². The molecular formula is C21H24ClN3. The van der Waals surface area contributed by atoms with Crippen molar-refractivity contribution in [3.05, 3.63) is 66.0 Å². The molecule has 1 fully saturated rings. The number of nitrogens with zero attached hydrogens (tertiary/aromatic N) is 3. The Morgan fingerprint density at radius 1 is 1.00 bits per heavy atom. The van der Waals surface area contributed by atoms with E-state index in [9.17, 15) is 0 Å². The quantitative estimate of drug-likeness (QED) is 0.612. The Morgan fingerprint density at radius 2 is 1.80 bits per heavy atom. The molecule has 0 unspecified atom stereocenters. The van der Waals surface area contributed by atoms with Crippen molar-refractivity contribution in [3.8, 4) is 0 Å². The fourth-order valence-electron chi connectivity index (χ4n) is 3.93. The SMILES string of the molecule is ClCc1nc2ccccc2n1C[C@H]1CCCCN1Cc1ccccc1. The fraction of sp³-hybridized carbons (Fsp3) is 0.381. The maximum atomic E-state index is 6.19. The number of imidazole rings is 1. The first-order valence-electron chi connectivity index (χ1n) is 9.13. The summed E-state index contributed by atoms with van der Waals surface area (Å²) >= 11 is 6.19. The van der Waals surface area contributed by atoms with Crippen LogP contribution in [-0.4, -0.2) is 27.0 Å². The zero-order valence-electron chi connectivity index (χ0n) is 14.4. The summed E-state index contributed by atoms with van der Waals surface area (Å²) in [6, 6.07) is 19.7. The largest absolute Gasteiger partial charge is 0.325 e. The Hall–Kier alpha value is -1.84. The minimum absolute atomic E-state index is 0.458. The molecule has 1 aliphatic rings. The summed E-state index contributed by atoms with van der Waals surface area (Å²) in [7, 11) is 0. The molecule has 3 aromatic rings. The average molecular weight is 354 g/mol. The van der Waals surface area contributed by atoms with Crippen LogP contribution in [-0.2, 0) is 19.0 Å². The van der Waals surface area contributed by atoms with Crippen LogP contribution in [0.5, 0.6) is 0 Å². The van der Waals surface area contributed by atoms with E-state index in [-0.39, 0.29) is 0 Å². The molecular weight excluding hydrogens is 330 g/mol. The number of hydrogen-bond donors (Lipinski definition) is 0. The van der Waals surface area contributed by atoms with Crippen LogP contribution in [0.15, 0.2) is 54.6 Å². The van der Waals surface area contributed by atoms with E-state index in [4.69, 9.17) is 16.6 Å². The van der Waals surface area contributed by atoms with Gasteiger partial charge in [-0.15, -0.1) is 11.6 Å². The van der Waals surface area contributed by atoms with E-state index >= 15 is 0 Å². The van der Waals surface area contributed by atoms with Crippen molar-refractivity contribution >= 4 is 22.6 Å². The summed E-state index contributed by atoms with van der Waals surface area (Å²) in [6.07, 6.45) is 3.83. The normalized spacial score (nSPS) is 18.7. The third-order valence-electron chi connectivity index (χ3n) is 5.22. The molecule has 1 saturated heterocycles. The molecule has 0 aliphatic carbocycles. The first-order chi connectivity index (χ1) is 12.3. The number of fused-ring (bicyclic) bond motifs is 1. The lowest BCUT2D eigenvalue weighted by molar-refractivity contribution is 0.125. The molecule has 4 rings (SSSR count).